The molecule has 15 heavy (non-hydrogen) atoms. The Morgan fingerprint density at radius 1 is 1.33 bits per heavy atom. The molecule has 0 bridgehead atoms. The number of aromatic carboxylic acids is 1. The summed E-state index contributed by atoms with van der Waals surface area (Å²) < 4.78 is 0. The van der Waals surface area contributed by atoms with Crippen LogP contribution in [0.25, 0.3) is 10.8 Å². The molecule has 2 rings (SSSR count). The molecule has 1 aromatic carbocycles. The molecule has 0 fully saturated rings. The van der Waals surface area contributed by atoms with Crippen LogP contribution < -0.4 is 5.56 Å². The van der Waals surface area contributed by atoms with Crippen LogP contribution in [0.4, 0.5) is 0 Å². The molecule has 0 saturated heterocycles. The van der Waals surface area contributed by atoms with Gasteiger partial charge in [-0.05, 0) is 30.0 Å². The fourth-order valence-electron chi connectivity index (χ4n) is 1.56. The highest BCUT2D eigenvalue weighted by atomic mass is 16.4. The molecule has 2 aromatic rings. The lowest BCUT2D eigenvalue weighted by Gasteiger charge is -2.02. The van der Waals surface area contributed by atoms with E-state index in [1.54, 1.807) is 12.1 Å². The van der Waals surface area contributed by atoms with Crippen LogP contribution in [0, 0.1) is 6.92 Å². The number of H-pyrrole nitrogens is 1. The van der Waals surface area contributed by atoms with E-state index in [0.29, 0.717) is 10.8 Å². The normalized spacial score (nSPS) is 10.5. The predicted molar refractivity (Wildman–Crippen MR) is 56.3 cm³/mol. The zero-order chi connectivity index (χ0) is 11.0. The average Bonchev–Trinajstić information content (AvgIpc) is 2.19. The van der Waals surface area contributed by atoms with E-state index in [1.165, 1.54) is 6.07 Å². The van der Waals surface area contributed by atoms with Crippen LogP contribution in [0.5, 0.6) is 0 Å². The third kappa shape index (κ3) is 1.50. The van der Waals surface area contributed by atoms with Crippen LogP contribution in [0.3, 0.4) is 0 Å². The van der Waals surface area contributed by atoms with Gasteiger partial charge in [0.15, 0.2) is 0 Å². The van der Waals surface area contributed by atoms with Gasteiger partial charge in [0.05, 0.1) is 0 Å². The Morgan fingerprint density at radius 2 is 2.07 bits per heavy atom. The largest absolute Gasteiger partial charge is 0.477 e. The molecule has 4 nitrogen and oxygen atoms in total. The number of carboxylic acids is 1. The number of hydrogen-bond donors (Lipinski definition) is 2. The summed E-state index contributed by atoms with van der Waals surface area (Å²) in [6.45, 7) is 1.84. The van der Waals surface area contributed by atoms with Gasteiger partial charge in [-0.2, -0.15) is 0 Å². The predicted octanol–water partition coefficient (Wildman–Crippen LogP) is 1.53. The highest BCUT2D eigenvalue weighted by Gasteiger charge is 2.08. The molecule has 0 spiro atoms. The molecule has 1 heterocycles. The van der Waals surface area contributed by atoms with Gasteiger partial charge in [0.2, 0.25) is 0 Å². The molecule has 0 amide bonds. The minimum atomic E-state index is -1.13. The van der Waals surface area contributed by atoms with Gasteiger partial charge in [-0.15, -0.1) is 0 Å². The van der Waals surface area contributed by atoms with Crippen molar-refractivity contribution in [2.24, 2.45) is 0 Å². The summed E-state index contributed by atoms with van der Waals surface area (Å²) in [7, 11) is 0. The smallest absolute Gasteiger partial charge is 0.352 e. The number of rotatable bonds is 1. The van der Waals surface area contributed by atoms with Crippen molar-refractivity contribution in [3.63, 3.8) is 0 Å². The van der Waals surface area contributed by atoms with Gasteiger partial charge in [0, 0.05) is 5.39 Å². The molecule has 2 N–H and O–H groups in total. The molecule has 0 radical (unpaired) electrons. The summed E-state index contributed by atoms with van der Waals surface area (Å²) in [5.74, 6) is -1.13. The summed E-state index contributed by atoms with van der Waals surface area (Å²) in [6, 6.07) is 6.77. The van der Waals surface area contributed by atoms with Crippen LogP contribution in [0.1, 0.15) is 16.1 Å². The zero-order valence-corrected chi connectivity index (χ0v) is 8.07. The Balaban J connectivity index is 2.92. The summed E-state index contributed by atoms with van der Waals surface area (Å²) in [4.78, 5) is 24.6. The van der Waals surface area contributed by atoms with E-state index in [1.807, 2.05) is 13.0 Å². The number of aromatic nitrogens is 1. The maximum absolute atomic E-state index is 11.5. The molecule has 1 aromatic heterocycles. The topological polar surface area (TPSA) is 70.2 Å². The van der Waals surface area contributed by atoms with Gasteiger partial charge in [-0.3, -0.25) is 4.79 Å². The van der Waals surface area contributed by atoms with Gasteiger partial charge in [0.1, 0.15) is 5.69 Å². The number of aromatic amines is 1. The van der Waals surface area contributed by atoms with Crippen LogP contribution >= 0.6 is 0 Å². The van der Waals surface area contributed by atoms with E-state index in [4.69, 9.17) is 5.11 Å². The van der Waals surface area contributed by atoms with E-state index in [0.717, 1.165) is 5.56 Å². The van der Waals surface area contributed by atoms with Crippen molar-refractivity contribution in [3.8, 4) is 0 Å². The van der Waals surface area contributed by atoms with Crippen LogP contribution in [0.2, 0.25) is 0 Å². The van der Waals surface area contributed by atoms with Crippen molar-refractivity contribution in [1.82, 2.24) is 4.98 Å². The fourth-order valence-corrected chi connectivity index (χ4v) is 1.56. The third-order valence-corrected chi connectivity index (χ3v) is 2.34. The van der Waals surface area contributed by atoms with Gasteiger partial charge in [-0.1, -0.05) is 12.1 Å². The molecule has 0 saturated carbocycles. The van der Waals surface area contributed by atoms with Crippen molar-refractivity contribution >= 4 is 16.7 Å². The van der Waals surface area contributed by atoms with Gasteiger partial charge >= 0.3 is 5.97 Å². The number of benzene rings is 1. The van der Waals surface area contributed by atoms with Crippen LogP contribution in [-0.4, -0.2) is 16.1 Å². The number of hydrogen-bond acceptors (Lipinski definition) is 2. The Hall–Kier alpha value is -2.10. The molecule has 0 atom stereocenters. The van der Waals surface area contributed by atoms with Crippen molar-refractivity contribution in [2.75, 3.05) is 0 Å². The molecule has 0 aliphatic carbocycles. The average molecular weight is 203 g/mol. The Morgan fingerprint density at radius 3 is 2.73 bits per heavy atom. The summed E-state index contributed by atoms with van der Waals surface area (Å²) >= 11 is 0. The van der Waals surface area contributed by atoms with Gasteiger partial charge < -0.3 is 10.1 Å². The first-order valence-corrected chi connectivity index (χ1v) is 4.45. The molecule has 76 valence electrons. The maximum atomic E-state index is 11.5. The molecule has 4 heteroatoms. The monoisotopic (exact) mass is 203 g/mol. The molecule has 0 unspecified atom stereocenters. The molecule has 0 aliphatic rings. The SMILES string of the molecule is Cc1cccc2c(=O)[nH]c(C(=O)O)cc12. The maximum Gasteiger partial charge on any atom is 0.352 e. The van der Waals surface area contributed by atoms with Crippen molar-refractivity contribution in [1.29, 1.82) is 0 Å². The second-order valence-electron chi connectivity index (χ2n) is 3.35. The standard InChI is InChI=1S/C11H9NO3/c1-6-3-2-4-7-8(6)5-9(11(14)15)12-10(7)13/h2-5H,1H3,(H,12,13)(H,14,15). The quantitative estimate of drug-likeness (QED) is 0.738. The van der Waals surface area contributed by atoms with Crippen molar-refractivity contribution < 1.29 is 9.90 Å². The number of nitrogens with one attached hydrogen (secondary N) is 1. The number of carboxylic acid groups (broad SMARTS) is 1. The van der Waals surface area contributed by atoms with E-state index < -0.39 is 5.97 Å². The number of carbonyl (C=O) groups is 1. The molecule has 0 aliphatic heterocycles. The number of fused-ring (bicyclic) bond motifs is 1. The third-order valence-electron chi connectivity index (χ3n) is 2.34. The lowest BCUT2D eigenvalue weighted by Crippen LogP contribution is -2.13. The first kappa shape index (κ1) is 9.45. The lowest BCUT2D eigenvalue weighted by atomic mass is 10.1. The molecular weight excluding hydrogens is 194 g/mol. The number of pyridine rings is 1. The zero-order valence-electron chi connectivity index (χ0n) is 8.07. The minimum absolute atomic E-state index is 0.0817. The Kier molecular flexibility index (Phi) is 2.04. The lowest BCUT2D eigenvalue weighted by molar-refractivity contribution is 0.0690. The fraction of sp³-hybridized carbons (Fsp3) is 0.0909. The van der Waals surface area contributed by atoms with Crippen LogP contribution in [-0.2, 0) is 0 Å². The summed E-state index contributed by atoms with van der Waals surface area (Å²) in [5.41, 5.74) is 0.441. The Labute approximate surface area is 85.2 Å². The van der Waals surface area contributed by atoms with Gasteiger partial charge in [0.25, 0.3) is 5.56 Å². The second kappa shape index (κ2) is 3.24. The highest BCUT2D eigenvalue weighted by Crippen LogP contribution is 2.15. The second-order valence-corrected chi connectivity index (χ2v) is 3.35. The van der Waals surface area contributed by atoms with Crippen LogP contribution in [0.15, 0.2) is 29.1 Å². The first-order valence-electron chi connectivity index (χ1n) is 4.45. The Bertz CT molecular complexity index is 598. The summed E-state index contributed by atoms with van der Waals surface area (Å²) in [6.07, 6.45) is 0. The molecular formula is C11H9NO3. The van der Waals surface area contributed by atoms with Crippen molar-refractivity contribution in [2.45, 2.75) is 6.92 Å². The summed E-state index contributed by atoms with van der Waals surface area (Å²) in [5, 5.41) is 9.98. The minimum Gasteiger partial charge on any atom is -0.477 e. The van der Waals surface area contributed by atoms with Crippen molar-refractivity contribution in [3.05, 3.63) is 45.9 Å². The van der Waals surface area contributed by atoms with E-state index in [-0.39, 0.29) is 11.3 Å². The first-order chi connectivity index (χ1) is 7.09. The van der Waals surface area contributed by atoms with E-state index in [2.05, 4.69) is 4.98 Å². The van der Waals surface area contributed by atoms with E-state index in [9.17, 15) is 9.59 Å². The number of aryl methyl sites for hydroxylation is 1. The van der Waals surface area contributed by atoms with Gasteiger partial charge in [-0.25, -0.2) is 4.79 Å². The highest BCUT2D eigenvalue weighted by molar-refractivity contribution is 5.93. The van der Waals surface area contributed by atoms with E-state index >= 15 is 0 Å².